The average Bonchev–Trinajstić information content (AvgIpc) is 2.85. The minimum absolute atomic E-state index is 0.0463. The molecule has 1 aromatic carbocycles. The van der Waals surface area contributed by atoms with Gasteiger partial charge in [-0.05, 0) is 30.9 Å². The van der Waals surface area contributed by atoms with Crippen LogP contribution in [0.2, 0.25) is 0 Å². The van der Waals surface area contributed by atoms with Crippen LogP contribution in [0.25, 0.3) is 0 Å². The molecule has 1 atom stereocenters. The summed E-state index contributed by atoms with van der Waals surface area (Å²) in [5, 5.41) is 10.9. The van der Waals surface area contributed by atoms with Crippen molar-refractivity contribution in [3.63, 3.8) is 0 Å². The van der Waals surface area contributed by atoms with Gasteiger partial charge >= 0.3 is 0 Å². The summed E-state index contributed by atoms with van der Waals surface area (Å²) in [6.07, 6.45) is 0. The van der Waals surface area contributed by atoms with E-state index in [1.165, 1.54) is 23.1 Å². The second kappa shape index (κ2) is 7.11. The number of nitrogens with two attached hydrogens (primary N) is 1. The lowest BCUT2D eigenvalue weighted by atomic mass is 9.98. The Kier molecular flexibility index (Phi) is 5.42. The Morgan fingerprint density at radius 2 is 2.05 bits per heavy atom. The van der Waals surface area contributed by atoms with E-state index in [1.54, 1.807) is 0 Å². The normalized spacial score (nSPS) is 12.4. The van der Waals surface area contributed by atoms with Crippen molar-refractivity contribution in [1.29, 1.82) is 0 Å². The second-order valence-corrected chi connectivity index (χ2v) is 7.95. The number of rotatable bonds is 5. The first-order valence-corrected chi connectivity index (χ1v) is 8.74. The number of para-hydroxylation sites is 1. The van der Waals surface area contributed by atoms with Crippen LogP contribution in [0.3, 0.4) is 0 Å². The maximum Gasteiger partial charge on any atom is 0.237 e. The highest BCUT2D eigenvalue weighted by Crippen LogP contribution is 2.30. The third-order valence-corrected chi connectivity index (χ3v) is 5.18. The quantitative estimate of drug-likeness (QED) is 0.814. The number of nitrogen functional groups attached to an aromatic ring is 1. The molecule has 3 N–H and O–H groups in total. The van der Waals surface area contributed by atoms with Crippen LogP contribution in [0.4, 0.5) is 10.8 Å². The first kappa shape index (κ1) is 16.8. The highest BCUT2D eigenvalue weighted by Gasteiger charge is 2.19. The molecular formula is C15H20N4OS2. The Bertz CT molecular complexity index is 669. The number of amides is 1. The summed E-state index contributed by atoms with van der Waals surface area (Å²) >= 11 is 2.65. The van der Waals surface area contributed by atoms with Crippen molar-refractivity contribution in [2.45, 2.75) is 43.2 Å². The fourth-order valence-electron chi connectivity index (χ4n) is 2.04. The summed E-state index contributed by atoms with van der Waals surface area (Å²) in [5.74, 6) is 0.302. The van der Waals surface area contributed by atoms with Crippen LogP contribution in [0, 0.1) is 6.92 Å². The van der Waals surface area contributed by atoms with Gasteiger partial charge in [0.05, 0.1) is 5.25 Å². The number of carbonyl (C=O) groups is 1. The van der Waals surface area contributed by atoms with Crippen molar-refractivity contribution in [2.24, 2.45) is 0 Å². The number of hydrogen-bond acceptors (Lipinski definition) is 6. The molecule has 2 rings (SSSR count). The number of anilines is 2. The molecule has 22 heavy (non-hydrogen) atoms. The molecule has 0 fully saturated rings. The van der Waals surface area contributed by atoms with Crippen molar-refractivity contribution < 1.29 is 4.79 Å². The zero-order chi connectivity index (χ0) is 16.3. The Hall–Kier alpha value is -1.60. The minimum Gasteiger partial charge on any atom is -0.374 e. The third-order valence-electron chi connectivity index (χ3n) is 3.24. The van der Waals surface area contributed by atoms with E-state index in [-0.39, 0.29) is 11.2 Å². The van der Waals surface area contributed by atoms with E-state index < -0.39 is 0 Å². The standard InChI is InChI=1S/C15H20N4OS2/c1-8(2)11-7-5-6-9(3)12(11)17-13(20)10(4)21-15-19-18-14(16)22-15/h5-8,10H,1-4H3,(H2,16,18)(H,17,20)/t10-/m1/s1. The number of benzene rings is 1. The van der Waals surface area contributed by atoms with Gasteiger partial charge < -0.3 is 11.1 Å². The molecule has 2 aromatic rings. The van der Waals surface area contributed by atoms with Gasteiger partial charge in [0.15, 0.2) is 4.34 Å². The van der Waals surface area contributed by atoms with Crippen LogP contribution in [-0.2, 0) is 4.79 Å². The highest BCUT2D eigenvalue weighted by molar-refractivity contribution is 8.02. The largest absolute Gasteiger partial charge is 0.374 e. The Labute approximate surface area is 138 Å². The molecule has 0 saturated carbocycles. The SMILES string of the molecule is Cc1cccc(C(C)C)c1NC(=O)[C@@H](C)Sc1nnc(N)s1. The average molecular weight is 336 g/mol. The van der Waals surface area contributed by atoms with Gasteiger partial charge in [0.1, 0.15) is 0 Å². The van der Waals surface area contributed by atoms with Crippen LogP contribution in [0.5, 0.6) is 0 Å². The van der Waals surface area contributed by atoms with Gasteiger partial charge in [-0.15, -0.1) is 10.2 Å². The van der Waals surface area contributed by atoms with Crippen LogP contribution < -0.4 is 11.1 Å². The van der Waals surface area contributed by atoms with Gasteiger partial charge in [0.25, 0.3) is 0 Å². The fourth-order valence-corrected chi connectivity index (χ4v) is 3.82. The molecule has 5 nitrogen and oxygen atoms in total. The van der Waals surface area contributed by atoms with Crippen LogP contribution in [-0.4, -0.2) is 21.4 Å². The zero-order valence-electron chi connectivity index (χ0n) is 13.1. The van der Waals surface area contributed by atoms with Gasteiger partial charge in [-0.25, -0.2) is 0 Å². The van der Waals surface area contributed by atoms with Crippen molar-refractivity contribution in [2.75, 3.05) is 11.1 Å². The molecule has 0 radical (unpaired) electrons. The number of aryl methyl sites for hydroxylation is 1. The fraction of sp³-hybridized carbons (Fsp3) is 0.400. The Balaban J connectivity index is 2.11. The number of hydrogen-bond donors (Lipinski definition) is 2. The van der Waals surface area contributed by atoms with E-state index in [9.17, 15) is 4.79 Å². The molecule has 1 aromatic heterocycles. The van der Waals surface area contributed by atoms with E-state index in [0.717, 1.165) is 16.8 Å². The number of aromatic nitrogens is 2. The predicted octanol–water partition coefficient (Wildman–Crippen LogP) is 3.67. The van der Waals surface area contributed by atoms with Crippen molar-refractivity contribution in [3.05, 3.63) is 29.3 Å². The maximum absolute atomic E-state index is 12.4. The molecule has 0 aliphatic heterocycles. The number of thioether (sulfide) groups is 1. The van der Waals surface area contributed by atoms with E-state index in [1.807, 2.05) is 26.0 Å². The third kappa shape index (κ3) is 3.98. The second-order valence-electron chi connectivity index (χ2n) is 5.35. The van der Waals surface area contributed by atoms with Gasteiger partial charge in [-0.1, -0.05) is 55.1 Å². The Morgan fingerprint density at radius 3 is 2.64 bits per heavy atom. The molecule has 0 spiro atoms. The van der Waals surface area contributed by atoms with Gasteiger partial charge in [-0.2, -0.15) is 0 Å². The van der Waals surface area contributed by atoms with Gasteiger partial charge in [-0.3, -0.25) is 4.79 Å². The molecule has 1 heterocycles. The summed E-state index contributed by atoms with van der Waals surface area (Å²) in [6, 6.07) is 6.07. The van der Waals surface area contributed by atoms with Crippen LogP contribution in [0.15, 0.2) is 22.5 Å². The van der Waals surface area contributed by atoms with Crippen molar-refractivity contribution in [1.82, 2.24) is 10.2 Å². The van der Waals surface area contributed by atoms with E-state index in [4.69, 9.17) is 5.73 Å². The first-order chi connectivity index (χ1) is 10.4. The molecule has 118 valence electrons. The summed E-state index contributed by atoms with van der Waals surface area (Å²) < 4.78 is 0.703. The molecule has 0 unspecified atom stereocenters. The smallest absolute Gasteiger partial charge is 0.237 e. The van der Waals surface area contributed by atoms with E-state index in [0.29, 0.717) is 15.4 Å². The number of carbonyl (C=O) groups excluding carboxylic acids is 1. The molecule has 0 saturated heterocycles. The molecule has 0 bridgehead atoms. The molecule has 7 heteroatoms. The topological polar surface area (TPSA) is 80.9 Å². The molecule has 0 aliphatic rings. The van der Waals surface area contributed by atoms with Crippen LogP contribution in [0.1, 0.15) is 37.8 Å². The molecule has 0 aliphatic carbocycles. The molecule has 1 amide bonds. The summed E-state index contributed by atoms with van der Waals surface area (Å²) in [6.45, 7) is 8.09. The van der Waals surface area contributed by atoms with E-state index in [2.05, 4.69) is 35.4 Å². The minimum atomic E-state index is -0.271. The lowest BCUT2D eigenvalue weighted by Gasteiger charge is -2.18. The van der Waals surface area contributed by atoms with Crippen LogP contribution >= 0.6 is 23.1 Å². The zero-order valence-corrected chi connectivity index (χ0v) is 14.7. The summed E-state index contributed by atoms with van der Waals surface area (Å²) in [4.78, 5) is 12.4. The van der Waals surface area contributed by atoms with Gasteiger partial charge in [0, 0.05) is 5.69 Å². The predicted molar refractivity (Wildman–Crippen MR) is 93.5 cm³/mol. The summed E-state index contributed by atoms with van der Waals surface area (Å²) in [7, 11) is 0. The lowest BCUT2D eigenvalue weighted by molar-refractivity contribution is -0.115. The number of nitrogens with zero attached hydrogens (tertiary/aromatic N) is 2. The van der Waals surface area contributed by atoms with Gasteiger partial charge in [0.2, 0.25) is 11.0 Å². The molecular weight excluding hydrogens is 316 g/mol. The number of nitrogens with one attached hydrogen (secondary N) is 1. The van der Waals surface area contributed by atoms with Crippen molar-refractivity contribution in [3.8, 4) is 0 Å². The van der Waals surface area contributed by atoms with E-state index >= 15 is 0 Å². The Morgan fingerprint density at radius 1 is 1.32 bits per heavy atom. The maximum atomic E-state index is 12.4. The first-order valence-electron chi connectivity index (χ1n) is 7.04. The lowest BCUT2D eigenvalue weighted by Crippen LogP contribution is -2.23. The highest BCUT2D eigenvalue weighted by atomic mass is 32.2. The summed E-state index contributed by atoms with van der Waals surface area (Å²) in [5.41, 5.74) is 8.68. The monoisotopic (exact) mass is 336 g/mol. The van der Waals surface area contributed by atoms with Crippen molar-refractivity contribution >= 4 is 39.8 Å².